The maximum Gasteiger partial charge on any atom is 0.320 e. The molecular formula is C10H19NO3. The molecule has 0 aromatic heterocycles. The fraction of sp³-hybridized carbons (Fsp3) is 0.900. The molecule has 0 saturated carbocycles. The van der Waals surface area contributed by atoms with E-state index in [9.17, 15) is 4.79 Å². The Kier molecular flexibility index (Phi) is 4.90. The molecule has 14 heavy (non-hydrogen) atoms. The smallest absolute Gasteiger partial charge is 0.320 e. The highest BCUT2D eigenvalue weighted by molar-refractivity contribution is 5.71. The van der Waals surface area contributed by atoms with Crippen LogP contribution in [-0.2, 0) is 14.3 Å². The van der Waals surface area contributed by atoms with Crippen LogP contribution in [0, 0.1) is 0 Å². The average molecular weight is 201 g/mol. The Labute approximate surface area is 85.0 Å². The highest BCUT2D eigenvalue weighted by Crippen LogP contribution is 2.10. The highest BCUT2D eigenvalue weighted by atomic mass is 16.6. The molecule has 1 saturated heterocycles. The molecule has 0 aromatic carbocycles. The molecule has 0 unspecified atom stereocenters. The summed E-state index contributed by atoms with van der Waals surface area (Å²) in [6.07, 6.45) is 1.71. The predicted molar refractivity (Wildman–Crippen MR) is 53.1 cm³/mol. The van der Waals surface area contributed by atoms with Gasteiger partial charge in [0.2, 0.25) is 0 Å². The molecular weight excluding hydrogens is 182 g/mol. The second-order valence-electron chi connectivity index (χ2n) is 3.84. The van der Waals surface area contributed by atoms with Gasteiger partial charge in [0.15, 0.2) is 0 Å². The van der Waals surface area contributed by atoms with Crippen molar-refractivity contribution in [1.29, 1.82) is 0 Å². The van der Waals surface area contributed by atoms with Gasteiger partial charge >= 0.3 is 5.97 Å². The third-order valence-electron chi connectivity index (χ3n) is 2.12. The van der Waals surface area contributed by atoms with Gasteiger partial charge in [-0.25, -0.2) is 0 Å². The van der Waals surface area contributed by atoms with Crippen LogP contribution in [0.15, 0.2) is 0 Å². The van der Waals surface area contributed by atoms with Crippen LogP contribution in [0.1, 0.15) is 26.7 Å². The van der Waals surface area contributed by atoms with Gasteiger partial charge in [0.05, 0.1) is 19.8 Å². The fourth-order valence-electron chi connectivity index (χ4n) is 1.31. The van der Waals surface area contributed by atoms with Gasteiger partial charge in [-0.1, -0.05) is 13.8 Å². The Morgan fingerprint density at radius 1 is 1.50 bits per heavy atom. The first kappa shape index (κ1) is 11.5. The number of ether oxygens (including phenoxy) is 2. The second-order valence-corrected chi connectivity index (χ2v) is 3.84. The van der Waals surface area contributed by atoms with Gasteiger partial charge in [0.25, 0.3) is 0 Å². The average Bonchev–Trinajstić information content (AvgIpc) is 2.16. The normalized spacial score (nSPS) is 18.5. The standard InChI is InChI=1S/C10H19NO3/c1-8(2)11-7-10(12)14-9-3-5-13-6-4-9/h8-9,11H,3-7H2,1-2H3. The summed E-state index contributed by atoms with van der Waals surface area (Å²) in [5.74, 6) is -0.161. The van der Waals surface area contributed by atoms with E-state index in [-0.39, 0.29) is 12.1 Å². The van der Waals surface area contributed by atoms with Crippen molar-refractivity contribution in [3.63, 3.8) is 0 Å². The molecule has 0 atom stereocenters. The summed E-state index contributed by atoms with van der Waals surface area (Å²) < 4.78 is 10.4. The molecule has 4 nitrogen and oxygen atoms in total. The van der Waals surface area contributed by atoms with E-state index in [1.54, 1.807) is 0 Å². The van der Waals surface area contributed by atoms with Gasteiger partial charge in [-0.05, 0) is 0 Å². The molecule has 1 rings (SSSR count). The minimum Gasteiger partial charge on any atom is -0.461 e. The minimum atomic E-state index is -0.161. The summed E-state index contributed by atoms with van der Waals surface area (Å²) in [5, 5.41) is 3.03. The van der Waals surface area contributed by atoms with Crippen LogP contribution >= 0.6 is 0 Å². The summed E-state index contributed by atoms with van der Waals surface area (Å²) in [5.41, 5.74) is 0. The number of nitrogens with one attached hydrogen (secondary N) is 1. The second kappa shape index (κ2) is 5.98. The van der Waals surface area contributed by atoms with Gasteiger partial charge in [0.1, 0.15) is 6.10 Å². The summed E-state index contributed by atoms with van der Waals surface area (Å²) in [7, 11) is 0. The zero-order valence-corrected chi connectivity index (χ0v) is 8.91. The van der Waals surface area contributed by atoms with Crippen molar-refractivity contribution < 1.29 is 14.3 Å². The van der Waals surface area contributed by atoms with E-state index in [0.717, 1.165) is 12.8 Å². The van der Waals surface area contributed by atoms with E-state index in [1.165, 1.54) is 0 Å². The third kappa shape index (κ3) is 4.58. The predicted octanol–water partition coefficient (Wildman–Crippen LogP) is 0.707. The Hall–Kier alpha value is -0.610. The van der Waals surface area contributed by atoms with Crippen LogP contribution in [-0.4, -0.2) is 37.9 Å². The SMILES string of the molecule is CC(C)NCC(=O)OC1CCOCC1. The molecule has 1 heterocycles. The van der Waals surface area contributed by atoms with Crippen LogP contribution in [0.3, 0.4) is 0 Å². The van der Waals surface area contributed by atoms with Crippen molar-refractivity contribution in [2.24, 2.45) is 0 Å². The first-order valence-electron chi connectivity index (χ1n) is 5.19. The molecule has 1 fully saturated rings. The van der Waals surface area contributed by atoms with E-state index in [2.05, 4.69) is 5.32 Å². The molecule has 82 valence electrons. The number of hydrogen-bond acceptors (Lipinski definition) is 4. The van der Waals surface area contributed by atoms with Gasteiger partial charge < -0.3 is 14.8 Å². The molecule has 4 heteroatoms. The van der Waals surface area contributed by atoms with Crippen molar-refractivity contribution >= 4 is 5.97 Å². The number of rotatable bonds is 4. The molecule has 1 aliphatic rings. The van der Waals surface area contributed by atoms with Crippen molar-refractivity contribution in [2.45, 2.75) is 38.8 Å². The minimum absolute atomic E-state index is 0.0604. The summed E-state index contributed by atoms with van der Waals surface area (Å²) in [4.78, 5) is 11.3. The monoisotopic (exact) mass is 201 g/mol. The Bertz CT molecular complexity index is 176. The molecule has 0 amide bonds. The number of hydrogen-bond donors (Lipinski definition) is 1. The lowest BCUT2D eigenvalue weighted by atomic mass is 10.1. The molecule has 1 N–H and O–H groups in total. The van der Waals surface area contributed by atoms with E-state index in [1.807, 2.05) is 13.8 Å². The lowest BCUT2D eigenvalue weighted by molar-refractivity contribution is -0.152. The summed E-state index contributed by atoms with van der Waals surface area (Å²) in [6, 6.07) is 0.317. The van der Waals surface area contributed by atoms with Gasteiger partial charge in [-0.3, -0.25) is 4.79 Å². The molecule has 0 aromatic rings. The van der Waals surface area contributed by atoms with Gasteiger partial charge in [-0.2, -0.15) is 0 Å². The van der Waals surface area contributed by atoms with Crippen LogP contribution in [0.2, 0.25) is 0 Å². The summed E-state index contributed by atoms with van der Waals surface area (Å²) in [6.45, 7) is 5.71. The third-order valence-corrected chi connectivity index (χ3v) is 2.12. The number of esters is 1. The van der Waals surface area contributed by atoms with E-state index < -0.39 is 0 Å². The summed E-state index contributed by atoms with van der Waals surface area (Å²) >= 11 is 0. The van der Waals surface area contributed by atoms with E-state index >= 15 is 0 Å². The van der Waals surface area contributed by atoms with Crippen LogP contribution in [0.25, 0.3) is 0 Å². The van der Waals surface area contributed by atoms with Crippen LogP contribution < -0.4 is 5.32 Å². The van der Waals surface area contributed by atoms with Crippen LogP contribution in [0.4, 0.5) is 0 Å². The Balaban J connectivity index is 2.12. The van der Waals surface area contributed by atoms with Crippen molar-refractivity contribution in [3.05, 3.63) is 0 Å². The molecule has 0 aliphatic carbocycles. The number of carbonyl (C=O) groups excluding carboxylic acids is 1. The van der Waals surface area contributed by atoms with E-state index in [0.29, 0.717) is 25.8 Å². The van der Waals surface area contributed by atoms with E-state index in [4.69, 9.17) is 9.47 Å². The topological polar surface area (TPSA) is 47.6 Å². The van der Waals surface area contributed by atoms with Crippen molar-refractivity contribution in [1.82, 2.24) is 5.32 Å². The maximum absolute atomic E-state index is 11.3. The van der Waals surface area contributed by atoms with Gasteiger partial charge in [-0.15, -0.1) is 0 Å². The lowest BCUT2D eigenvalue weighted by Crippen LogP contribution is -2.34. The largest absolute Gasteiger partial charge is 0.461 e. The van der Waals surface area contributed by atoms with Gasteiger partial charge in [0, 0.05) is 18.9 Å². The Morgan fingerprint density at radius 3 is 2.71 bits per heavy atom. The molecule has 0 bridgehead atoms. The van der Waals surface area contributed by atoms with Crippen molar-refractivity contribution in [2.75, 3.05) is 19.8 Å². The molecule has 1 aliphatic heterocycles. The zero-order chi connectivity index (χ0) is 10.4. The molecule has 0 spiro atoms. The first-order valence-corrected chi connectivity index (χ1v) is 5.19. The quantitative estimate of drug-likeness (QED) is 0.680. The van der Waals surface area contributed by atoms with Crippen molar-refractivity contribution in [3.8, 4) is 0 Å². The lowest BCUT2D eigenvalue weighted by Gasteiger charge is -2.22. The van der Waals surface area contributed by atoms with Crippen LogP contribution in [0.5, 0.6) is 0 Å². The maximum atomic E-state index is 11.3. The highest BCUT2D eigenvalue weighted by Gasteiger charge is 2.17. The fourth-order valence-corrected chi connectivity index (χ4v) is 1.31. The first-order chi connectivity index (χ1) is 6.68. The number of carbonyl (C=O) groups is 1. The zero-order valence-electron chi connectivity index (χ0n) is 8.91. The molecule has 0 radical (unpaired) electrons. The Morgan fingerprint density at radius 2 is 2.14 bits per heavy atom.